The topological polar surface area (TPSA) is 111 Å². The fourth-order valence-electron chi connectivity index (χ4n) is 3.69. The first-order chi connectivity index (χ1) is 14.3. The molecule has 0 spiro atoms. The summed E-state index contributed by atoms with van der Waals surface area (Å²) >= 11 is 0. The van der Waals surface area contributed by atoms with E-state index >= 15 is 0 Å². The zero-order valence-corrected chi connectivity index (χ0v) is 17.3. The summed E-state index contributed by atoms with van der Waals surface area (Å²) in [5, 5.41) is 0. The van der Waals surface area contributed by atoms with Gasteiger partial charge in [-0.3, -0.25) is 29.2 Å². The third-order valence-electron chi connectivity index (χ3n) is 5.60. The summed E-state index contributed by atoms with van der Waals surface area (Å²) in [5.74, 6) is -1.16. The Kier molecular flexibility index (Phi) is 7.07. The maximum Gasteiger partial charge on any atom is 0.309 e. The molecule has 2 heterocycles. The average molecular weight is 414 g/mol. The van der Waals surface area contributed by atoms with E-state index in [0.717, 1.165) is 11.1 Å². The Bertz CT molecular complexity index is 800. The Hall–Kier alpha value is -2.90. The van der Waals surface area contributed by atoms with Gasteiger partial charge in [-0.25, -0.2) is 0 Å². The van der Waals surface area contributed by atoms with E-state index in [1.807, 2.05) is 0 Å². The molecule has 0 bridgehead atoms. The van der Waals surface area contributed by atoms with Crippen LogP contribution in [0.15, 0.2) is 33.5 Å². The number of hydrogen-bond donors (Lipinski definition) is 0. The van der Waals surface area contributed by atoms with Crippen LogP contribution in [0.1, 0.15) is 52.4 Å². The minimum atomic E-state index is -0.274. The van der Waals surface area contributed by atoms with Gasteiger partial charge in [-0.1, -0.05) is 0 Å². The SMILES string of the molecule is CC(=O)C1=NC=C(COC(=O)C2CCC(C(=O)OCC3=CN=C(C(C)=O)C3)CC2)C1. The van der Waals surface area contributed by atoms with Crippen LogP contribution in [0.5, 0.6) is 0 Å². The number of Topliss-reactive ketones (excluding diaryl/α,β-unsaturated/α-hetero) is 2. The van der Waals surface area contributed by atoms with Crippen molar-refractivity contribution >= 4 is 34.9 Å². The van der Waals surface area contributed by atoms with Gasteiger partial charge in [-0.2, -0.15) is 0 Å². The molecule has 0 atom stereocenters. The molecule has 160 valence electrons. The third-order valence-corrected chi connectivity index (χ3v) is 5.60. The van der Waals surface area contributed by atoms with Gasteiger partial charge in [-0.15, -0.1) is 0 Å². The molecule has 0 aromatic rings. The molecule has 0 unspecified atom stereocenters. The van der Waals surface area contributed by atoms with Crippen LogP contribution in [0.3, 0.4) is 0 Å². The van der Waals surface area contributed by atoms with Crippen molar-refractivity contribution in [2.75, 3.05) is 13.2 Å². The molecule has 0 aromatic carbocycles. The van der Waals surface area contributed by atoms with Crippen LogP contribution in [0.4, 0.5) is 0 Å². The predicted molar refractivity (Wildman–Crippen MR) is 109 cm³/mol. The number of rotatable bonds is 8. The maximum atomic E-state index is 12.3. The summed E-state index contributed by atoms with van der Waals surface area (Å²) in [6.07, 6.45) is 6.33. The molecular weight excluding hydrogens is 388 g/mol. The van der Waals surface area contributed by atoms with Crippen LogP contribution >= 0.6 is 0 Å². The first kappa shape index (κ1) is 21.8. The van der Waals surface area contributed by atoms with Gasteiger partial charge in [0.2, 0.25) is 0 Å². The highest BCUT2D eigenvalue weighted by molar-refractivity contribution is 6.40. The van der Waals surface area contributed by atoms with Crippen LogP contribution in [0.2, 0.25) is 0 Å². The molecular formula is C22H26N2O6. The lowest BCUT2D eigenvalue weighted by molar-refractivity contribution is -0.154. The standard InChI is InChI=1S/C22H26N2O6/c1-13(25)19-7-15(9-23-19)11-29-21(27)17-3-5-18(6-4-17)22(28)30-12-16-8-20(14(2)26)24-10-16/h9-10,17-18H,3-8,11-12H2,1-2H3. The van der Waals surface area contributed by atoms with Crippen molar-refractivity contribution in [3.05, 3.63) is 23.5 Å². The Morgan fingerprint density at radius 1 is 0.767 bits per heavy atom. The van der Waals surface area contributed by atoms with Crippen LogP contribution in [-0.2, 0) is 28.7 Å². The van der Waals surface area contributed by atoms with E-state index in [4.69, 9.17) is 9.47 Å². The minimum absolute atomic E-state index is 0.0752. The first-order valence-corrected chi connectivity index (χ1v) is 10.2. The lowest BCUT2D eigenvalue weighted by Gasteiger charge is -2.26. The number of hydrogen-bond acceptors (Lipinski definition) is 8. The van der Waals surface area contributed by atoms with Gasteiger partial charge in [-0.05, 0) is 36.8 Å². The van der Waals surface area contributed by atoms with Crippen molar-refractivity contribution in [2.24, 2.45) is 21.8 Å². The van der Waals surface area contributed by atoms with Gasteiger partial charge in [0.15, 0.2) is 11.6 Å². The monoisotopic (exact) mass is 414 g/mol. The van der Waals surface area contributed by atoms with Gasteiger partial charge in [0.05, 0.1) is 23.3 Å². The summed E-state index contributed by atoms with van der Waals surface area (Å²) in [7, 11) is 0. The predicted octanol–water partition coefficient (Wildman–Crippen LogP) is 2.51. The molecule has 0 aromatic heterocycles. The second kappa shape index (κ2) is 9.73. The van der Waals surface area contributed by atoms with E-state index in [0.29, 0.717) is 49.9 Å². The average Bonchev–Trinajstić information content (AvgIpc) is 3.40. The normalized spacial score (nSPS) is 23.1. The third kappa shape index (κ3) is 5.58. The Balaban J connectivity index is 1.33. The largest absolute Gasteiger partial charge is 0.461 e. The molecule has 2 aliphatic heterocycles. The van der Waals surface area contributed by atoms with Gasteiger partial charge in [0.1, 0.15) is 13.2 Å². The number of esters is 2. The van der Waals surface area contributed by atoms with Crippen LogP contribution < -0.4 is 0 Å². The zero-order chi connectivity index (χ0) is 21.7. The molecule has 1 saturated carbocycles. The maximum absolute atomic E-state index is 12.3. The summed E-state index contributed by atoms with van der Waals surface area (Å²) in [6.45, 7) is 3.21. The number of carbonyl (C=O) groups is 4. The second-order valence-corrected chi connectivity index (χ2v) is 7.96. The van der Waals surface area contributed by atoms with Crippen LogP contribution in [0.25, 0.3) is 0 Å². The van der Waals surface area contributed by atoms with Crippen molar-refractivity contribution in [2.45, 2.75) is 52.4 Å². The van der Waals surface area contributed by atoms with Crippen LogP contribution in [0, 0.1) is 11.8 Å². The van der Waals surface area contributed by atoms with Gasteiger partial charge >= 0.3 is 11.9 Å². The molecule has 0 N–H and O–H groups in total. The van der Waals surface area contributed by atoms with Gasteiger partial charge < -0.3 is 9.47 Å². The minimum Gasteiger partial charge on any atom is -0.461 e. The van der Waals surface area contributed by atoms with E-state index in [1.54, 1.807) is 12.4 Å². The van der Waals surface area contributed by atoms with Crippen molar-refractivity contribution < 1.29 is 28.7 Å². The fraction of sp³-hybridized carbons (Fsp3) is 0.545. The van der Waals surface area contributed by atoms with Crippen molar-refractivity contribution in [3.8, 4) is 0 Å². The molecule has 3 aliphatic rings. The van der Waals surface area contributed by atoms with E-state index in [1.165, 1.54) is 13.8 Å². The van der Waals surface area contributed by atoms with E-state index in [2.05, 4.69) is 9.98 Å². The summed E-state index contributed by atoms with van der Waals surface area (Å²) < 4.78 is 10.8. The molecule has 1 aliphatic carbocycles. The Morgan fingerprint density at radius 3 is 1.43 bits per heavy atom. The molecule has 0 saturated heterocycles. The molecule has 0 radical (unpaired) electrons. The van der Waals surface area contributed by atoms with E-state index in [9.17, 15) is 19.2 Å². The highest BCUT2D eigenvalue weighted by Gasteiger charge is 2.32. The summed E-state index contributed by atoms with van der Waals surface area (Å²) in [6, 6.07) is 0. The summed E-state index contributed by atoms with van der Waals surface area (Å²) in [5.41, 5.74) is 2.59. The number of aliphatic imine (C=N–C) groups is 2. The lowest BCUT2D eigenvalue weighted by atomic mass is 9.82. The highest BCUT2D eigenvalue weighted by Crippen LogP contribution is 2.31. The number of ether oxygens (including phenoxy) is 2. The molecule has 0 amide bonds. The number of carbonyl (C=O) groups excluding carboxylic acids is 4. The van der Waals surface area contributed by atoms with Crippen molar-refractivity contribution in [1.29, 1.82) is 0 Å². The molecule has 30 heavy (non-hydrogen) atoms. The molecule has 3 rings (SSSR count). The van der Waals surface area contributed by atoms with Gasteiger partial charge in [0, 0.05) is 39.1 Å². The Labute approximate surface area is 175 Å². The number of ketones is 2. The Morgan fingerprint density at radius 2 is 1.13 bits per heavy atom. The van der Waals surface area contributed by atoms with Gasteiger partial charge in [0.25, 0.3) is 0 Å². The van der Waals surface area contributed by atoms with Crippen LogP contribution in [-0.4, -0.2) is 48.1 Å². The smallest absolute Gasteiger partial charge is 0.309 e. The molecule has 8 nitrogen and oxygen atoms in total. The second-order valence-electron chi connectivity index (χ2n) is 7.96. The highest BCUT2D eigenvalue weighted by atomic mass is 16.5. The number of nitrogens with zero attached hydrogens (tertiary/aromatic N) is 2. The zero-order valence-electron chi connectivity index (χ0n) is 17.3. The fourth-order valence-corrected chi connectivity index (χ4v) is 3.69. The molecule has 8 heteroatoms. The summed E-state index contributed by atoms with van der Waals surface area (Å²) in [4.78, 5) is 55.3. The van der Waals surface area contributed by atoms with E-state index in [-0.39, 0.29) is 48.6 Å². The van der Waals surface area contributed by atoms with Crippen molar-refractivity contribution in [3.63, 3.8) is 0 Å². The lowest BCUT2D eigenvalue weighted by Crippen LogP contribution is -2.29. The molecule has 1 fully saturated rings. The van der Waals surface area contributed by atoms with E-state index < -0.39 is 0 Å². The first-order valence-electron chi connectivity index (χ1n) is 10.2. The quantitative estimate of drug-likeness (QED) is 0.564. The van der Waals surface area contributed by atoms with Crippen molar-refractivity contribution in [1.82, 2.24) is 0 Å².